The van der Waals surface area contributed by atoms with E-state index >= 15 is 0 Å². The SMILES string of the molecule is Cc1ccc2ccc3c(-c4ccc(-c5cc(-c6ccccc6)nc(-c6cccc(-c7cccc8cccnc78)c6)n5)cc4)cc(-c4ccccc4)nc3c2n1.Cc1ccc2ccc3c(-c4ccc(-c5nc(-c6ccccc6)cc(-c6cccc(-c7cccc8cccnc78)c6)n5)cc4)cc(-c4ccccc4)nc3c2n1. The van der Waals surface area contributed by atoms with Crippen molar-refractivity contribution in [2.45, 2.75) is 13.8 Å². The number of aromatic nitrogens is 10. The zero-order valence-electron chi connectivity index (χ0n) is 60.1. The van der Waals surface area contributed by atoms with Crippen LogP contribution in [0.25, 0.3) is 200 Å². The Bertz CT molecular complexity index is 6470. The van der Waals surface area contributed by atoms with Crippen LogP contribution in [0.1, 0.15) is 11.4 Å². The molecule has 10 heteroatoms. The van der Waals surface area contributed by atoms with Gasteiger partial charge >= 0.3 is 0 Å². The van der Waals surface area contributed by atoms with Gasteiger partial charge in [-0.05, 0) is 108 Å². The molecule has 8 aromatic heterocycles. The number of benzene rings is 12. The van der Waals surface area contributed by atoms with Crippen LogP contribution in [-0.4, -0.2) is 49.8 Å². The van der Waals surface area contributed by atoms with Gasteiger partial charge in [-0.2, -0.15) is 0 Å². The Kier molecular flexibility index (Phi) is 17.2. The van der Waals surface area contributed by atoms with E-state index in [4.69, 9.17) is 49.8 Å². The van der Waals surface area contributed by atoms with Gasteiger partial charge in [0.2, 0.25) is 0 Å². The molecule has 0 aliphatic carbocycles. The fraction of sp³-hybridized carbons (Fsp3) is 0.0200. The largest absolute Gasteiger partial charge is 0.256 e. The average molecular weight is 1410 g/mol. The monoisotopic (exact) mass is 1410 g/mol. The van der Waals surface area contributed by atoms with Crippen LogP contribution < -0.4 is 0 Å². The van der Waals surface area contributed by atoms with Crippen LogP contribution in [0.2, 0.25) is 0 Å². The second-order valence-electron chi connectivity index (χ2n) is 27.5. The normalized spacial score (nSPS) is 11.4. The number of nitrogens with zero attached hydrogens (tertiary/aromatic N) is 10. The molecule has 0 radical (unpaired) electrons. The van der Waals surface area contributed by atoms with Crippen molar-refractivity contribution < 1.29 is 0 Å². The highest BCUT2D eigenvalue weighted by atomic mass is 14.9. The lowest BCUT2D eigenvalue weighted by atomic mass is 9.95. The third kappa shape index (κ3) is 13.0. The summed E-state index contributed by atoms with van der Waals surface area (Å²) in [4.78, 5) is 50.4. The first-order valence-electron chi connectivity index (χ1n) is 36.8. The van der Waals surface area contributed by atoms with Gasteiger partial charge in [-0.25, -0.2) is 29.9 Å². The number of fused-ring (bicyclic) bond motifs is 8. The van der Waals surface area contributed by atoms with Gasteiger partial charge in [0.25, 0.3) is 0 Å². The summed E-state index contributed by atoms with van der Waals surface area (Å²) in [6.45, 7) is 4.05. The fourth-order valence-corrected chi connectivity index (χ4v) is 14.9. The van der Waals surface area contributed by atoms with Crippen molar-refractivity contribution in [3.05, 3.63) is 376 Å². The predicted octanol–water partition coefficient (Wildman–Crippen LogP) is 24.9. The van der Waals surface area contributed by atoms with Crippen LogP contribution in [0.3, 0.4) is 0 Å². The van der Waals surface area contributed by atoms with E-state index in [1.807, 2.05) is 93.0 Å². The van der Waals surface area contributed by atoms with Crippen molar-refractivity contribution in [1.29, 1.82) is 0 Å². The van der Waals surface area contributed by atoms with Crippen LogP contribution in [-0.2, 0) is 0 Å². The maximum atomic E-state index is 5.20. The molecule has 0 fully saturated rings. The Morgan fingerprint density at radius 3 is 0.936 bits per heavy atom. The number of para-hydroxylation sites is 2. The van der Waals surface area contributed by atoms with Crippen molar-refractivity contribution >= 4 is 65.4 Å². The number of aryl methyl sites for hydroxylation is 2. The molecule has 8 heterocycles. The quantitative estimate of drug-likeness (QED) is 0.109. The predicted molar refractivity (Wildman–Crippen MR) is 451 cm³/mol. The topological polar surface area (TPSA) is 129 Å². The Morgan fingerprint density at radius 1 is 0.173 bits per heavy atom. The summed E-state index contributed by atoms with van der Waals surface area (Å²) < 4.78 is 0. The van der Waals surface area contributed by atoms with Crippen LogP contribution in [0, 0.1) is 13.8 Å². The first-order chi connectivity index (χ1) is 54.3. The van der Waals surface area contributed by atoms with Gasteiger partial charge in [-0.15, -0.1) is 0 Å². The van der Waals surface area contributed by atoms with Crippen LogP contribution in [0.4, 0.5) is 0 Å². The molecule has 0 N–H and O–H groups in total. The molecule has 20 rings (SSSR count). The van der Waals surface area contributed by atoms with E-state index in [1.165, 1.54) is 0 Å². The summed E-state index contributed by atoms with van der Waals surface area (Å²) >= 11 is 0. The van der Waals surface area contributed by atoms with Crippen molar-refractivity contribution in [3.63, 3.8) is 0 Å². The van der Waals surface area contributed by atoms with Gasteiger partial charge in [-0.3, -0.25) is 19.9 Å². The highest BCUT2D eigenvalue weighted by Crippen LogP contribution is 2.41. The van der Waals surface area contributed by atoms with Gasteiger partial charge < -0.3 is 0 Å². The number of rotatable bonds is 12. The van der Waals surface area contributed by atoms with Crippen LogP contribution >= 0.6 is 0 Å². The lowest BCUT2D eigenvalue weighted by Crippen LogP contribution is -1.96. The van der Waals surface area contributed by atoms with Crippen molar-refractivity contribution in [1.82, 2.24) is 49.8 Å². The minimum absolute atomic E-state index is 0.662. The zero-order chi connectivity index (χ0) is 73.4. The van der Waals surface area contributed by atoms with Crippen molar-refractivity contribution in [2.24, 2.45) is 0 Å². The lowest BCUT2D eigenvalue weighted by molar-refractivity contribution is 1.18. The average Bonchev–Trinajstić information content (AvgIpc) is 0.759. The molecule has 0 spiro atoms. The summed E-state index contributed by atoms with van der Waals surface area (Å²) in [5, 5.41) is 6.49. The fourth-order valence-electron chi connectivity index (χ4n) is 14.9. The highest BCUT2D eigenvalue weighted by molar-refractivity contribution is 6.11. The van der Waals surface area contributed by atoms with E-state index in [2.05, 4.69) is 285 Å². The third-order valence-corrected chi connectivity index (χ3v) is 20.4. The summed E-state index contributed by atoms with van der Waals surface area (Å²) in [6.07, 6.45) is 3.70. The Labute approximate surface area is 635 Å². The summed E-state index contributed by atoms with van der Waals surface area (Å²) in [6, 6.07) is 122. The van der Waals surface area contributed by atoms with Gasteiger partial charge in [-0.1, -0.05) is 291 Å². The molecule has 110 heavy (non-hydrogen) atoms. The number of hydrogen-bond donors (Lipinski definition) is 0. The van der Waals surface area contributed by atoms with E-state index in [0.717, 1.165) is 200 Å². The van der Waals surface area contributed by atoms with Crippen LogP contribution in [0.5, 0.6) is 0 Å². The molecule has 0 bridgehead atoms. The van der Waals surface area contributed by atoms with Gasteiger partial charge in [0.1, 0.15) is 0 Å². The minimum Gasteiger partial charge on any atom is -0.256 e. The number of pyridine rings is 6. The summed E-state index contributed by atoms with van der Waals surface area (Å²) in [7, 11) is 0. The molecule has 20 aromatic rings. The lowest BCUT2D eigenvalue weighted by Gasteiger charge is -2.14. The molecule has 0 saturated heterocycles. The zero-order valence-corrected chi connectivity index (χ0v) is 60.1. The standard InChI is InChI=1S/2C50H33N5/c1-32-20-21-38-26-27-42-43(30-44(34-11-4-2-5-12-34)53-49(42)48(38)52-32)33-22-24-36(25-23-33)46-31-45(35-13-6-3-7-14-35)54-50(55-46)40-17-8-16-39(29-40)41-19-9-15-37-18-10-28-51-47(37)41;1-32-20-21-37-26-27-42-43(30-44(34-11-4-2-5-12-34)53-49(42)48(37)52-32)33-22-24-38(25-23-33)50-54-45(35-13-6-3-7-14-35)31-46(55-50)40-17-8-16-39(29-40)41-19-9-15-36-18-10-28-51-47(36)41/h2*2-31H,1H3. The molecule has 12 aromatic carbocycles. The molecule has 0 aliphatic heterocycles. The second kappa shape index (κ2) is 28.6. The molecular weight excluding hydrogens is 1340 g/mol. The van der Waals surface area contributed by atoms with E-state index < -0.39 is 0 Å². The Balaban J connectivity index is 0.000000149. The molecule has 0 amide bonds. The van der Waals surface area contributed by atoms with Gasteiger partial charge in [0.15, 0.2) is 11.6 Å². The molecular formula is C100H66N10. The molecule has 516 valence electrons. The Hall–Kier alpha value is -14.7. The maximum absolute atomic E-state index is 5.20. The summed E-state index contributed by atoms with van der Waals surface area (Å²) in [5.41, 5.74) is 29.5. The molecule has 10 nitrogen and oxygen atoms in total. The molecule has 0 saturated carbocycles. The van der Waals surface area contributed by atoms with Crippen LogP contribution in [0.15, 0.2) is 364 Å². The molecule has 0 atom stereocenters. The Morgan fingerprint density at radius 2 is 0.491 bits per heavy atom. The van der Waals surface area contributed by atoms with E-state index in [-0.39, 0.29) is 0 Å². The first-order valence-corrected chi connectivity index (χ1v) is 36.8. The van der Waals surface area contributed by atoms with E-state index in [1.54, 1.807) is 0 Å². The summed E-state index contributed by atoms with van der Waals surface area (Å²) in [5.74, 6) is 1.33. The number of hydrogen-bond acceptors (Lipinski definition) is 10. The molecule has 0 aliphatic rings. The van der Waals surface area contributed by atoms with Crippen molar-refractivity contribution in [3.8, 4) is 135 Å². The highest BCUT2D eigenvalue weighted by Gasteiger charge is 2.20. The third-order valence-electron chi connectivity index (χ3n) is 20.4. The molecule has 0 unspecified atom stereocenters. The second-order valence-corrected chi connectivity index (χ2v) is 27.5. The maximum Gasteiger partial charge on any atom is 0.160 e. The van der Waals surface area contributed by atoms with E-state index in [0.29, 0.717) is 11.6 Å². The van der Waals surface area contributed by atoms with Gasteiger partial charge in [0.05, 0.1) is 67.3 Å². The van der Waals surface area contributed by atoms with Gasteiger partial charge in [0, 0.05) is 112 Å². The van der Waals surface area contributed by atoms with E-state index in [9.17, 15) is 0 Å². The first kappa shape index (κ1) is 66.0. The minimum atomic E-state index is 0.662. The smallest absolute Gasteiger partial charge is 0.160 e. The van der Waals surface area contributed by atoms with Crippen molar-refractivity contribution in [2.75, 3.05) is 0 Å².